The van der Waals surface area contributed by atoms with Crippen LogP contribution in [-0.4, -0.2) is 23.0 Å². The van der Waals surface area contributed by atoms with E-state index in [4.69, 9.17) is 23.2 Å². The van der Waals surface area contributed by atoms with Gasteiger partial charge in [-0.25, -0.2) is 14.8 Å². The number of halogens is 2. The molecule has 2 rings (SSSR count). The van der Waals surface area contributed by atoms with Crippen molar-refractivity contribution in [3.8, 4) is 0 Å². The quantitative estimate of drug-likeness (QED) is 0.676. The predicted molar refractivity (Wildman–Crippen MR) is 80.4 cm³/mol. The number of ether oxygens (including phenoxy) is 1. The Hall–Kier alpha value is -1.69. The second-order valence-corrected chi connectivity index (χ2v) is 4.96. The van der Waals surface area contributed by atoms with E-state index in [0.717, 1.165) is 11.1 Å². The standard InChI is InChI=1S/C14H13Cl2N3O2/c1-21-14(20)11-3-2-9(7-19-11)6-17-8-10-4-5-18-13(16)12(10)15/h2-5,7,17H,6,8H2,1H3. The van der Waals surface area contributed by atoms with E-state index in [9.17, 15) is 4.79 Å². The van der Waals surface area contributed by atoms with Gasteiger partial charge in [-0.1, -0.05) is 29.3 Å². The maximum absolute atomic E-state index is 11.3. The molecule has 2 aromatic heterocycles. The second-order valence-electron chi connectivity index (χ2n) is 4.22. The number of methoxy groups -OCH3 is 1. The van der Waals surface area contributed by atoms with Gasteiger partial charge in [-0.2, -0.15) is 0 Å². The summed E-state index contributed by atoms with van der Waals surface area (Å²) in [7, 11) is 1.32. The molecule has 1 N–H and O–H groups in total. The number of nitrogens with one attached hydrogen (secondary N) is 1. The molecule has 0 radical (unpaired) electrons. The van der Waals surface area contributed by atoms with Gasteiger partial charge in [0.25, 0.3) is 0 Å². The first-order valence-corrected chi connectivity index (χ1v) is 6.90. The van der Waals surface area contributed by atoms with Gasteiger partial charge in [-0.05, 0) is 23.3 Å². The summed E-state index contributed by atoms with van der Waals surface area (Å²) in [4.78, 5) is 19.2. The van der Waals surface area contributed by atoms with Crippen LogP contribution in [0.3, 0.4) is 0 Å². The largest absolute Gasteiger partial charge is 0.464 e. The van der Waals surface area contributed by atoms with E-state index in [2.05, 4.69) is 20.0 Å². The normalized spacial score (nSPS) is 10.4. The summed E-state index contributed by atoms with van der Waals surface area (Å²) < 4.78 is 4.59. The van der Waals surface area contributed by atoms with Gasteiger partial charge in [0, 0.05) is 25.5 Å². The summed E-state index contributed by atoms with van der Waals surface area (Å²) >= 11 is 11.9. The van der Waals surface area contributed by atoms with E-state index in [0.29, 0.717) is 23.3 Å². The SMILES string of the molecule is COC(=O)c1ccc(CNCc2ccnc(Cl)c2Cl)cn1. The highest BCUT2D eigenvalue weighted by molar-refractivity contribution is 6.41. The van der Waals surface area contributed by atoms with Gasteiger partial charge in [0.1, 0.15) is 10.8 Å². The number of hydrogen-bond acceptors (Lipinski definition) is 5. The minimum absolute atomic E-state index is 0.283. The van der Waals surface area contributed by atoms with Crippen LogP contribution < -0.4 is 5.32 Å². The van der Waals surface area contributed by atoms with Crippen molar-refractivity contribution >= 4 is 29.2 Å². The summed E-state index contributed by atoms with van der Waals surface area (Å²) in [6.45, 7) is 1.14. The molecule has 7 heteroatoms. The third kappa shape index (κ3) is 4.14. The van der Waals surface area contributed by atoms with E-state index >= 15 is 0 Å². The fourth-order valence-electron chi connectivity index (χ4n) is 1.69. The van der Waals surface area contributed by atoms with Gasteiger partial charge < -0.3 is 10.1 Å². The number of pyridine rings is 2. The highest BCUT2D eigenvalue weighted by atomic mass is 35.5. The summed E-state index contributed by atoms with van der Waals surface area (Å²) in [5, 5.41) is 3.96. The van der Waals surface area contributed by atoms with Crippen LogP contribution in [0.5, 0.6) is 0 Å². The van der Waals surface area contributed by atoms with E-state index in [1.165, 1.54) is 7.11 Å². The molecule has 0 aliphatic rings. The molecule has 21 heavy (non-hydrogen) atoms. The zero-order valence-corrected chi connectivity index (χ0v) is 12.8. The fourth-order valence-corrected chi connectivity index (χ4v) is 2.04. The van der Waals surface area contributed by atoms with Crippen molar-refractivity contribution in [3.05, 3.63) is 57.6 Å². The number of aromatic nitrogens is 2. The summed E-state index contributed by atoms with van der Waals surface area (Å²) in [6.07, 6.45) is 3.23. The van der Waals surface area contributed by atoms with Crippen molar-refractivity contribution in [1.29, 1.82) is 0 Å². The Morgan fingerprint density at radius 1 is 1.24 bits per heavy atom. The number of carbonyl (C=O) groups excluding carboxylic acids is 1. The Balaban J connectivity index is 1.91. The minimum Gasteiger partial charge on any atom is -0.464 e. The highest BCUT2D eigenvalue weighted by Gasteiger charge is 2.07. The van der Waals surface area contributed by atoms with Crippen LogP contribution in [0.25, 0.3) is 0 Å². The Kier molecular flexibility index (Phi) is 5.50. The van der Waals surface area contributed by atoms with Crippen molar-refractivity contribution < 1.29 is 9.53 Å². The van der Waals surface area contributed by atoms with Crippen molar-refractivity contribution in [2.45, 2.75) is 13.1 Å². The monoisotopic (exact) mass is 325 g/mol. The summed E-state index contributed by atoms with van der Waals surface area (Å²) in [5.74, 6) is -0.451. The molecule has 0 bridgehead atoms. The maximum Gasteiger partial charge on any atom is 0.356 e. The van der Waals surface area contributed by atoms with Gasteiger partial charge in [-0.3, -0.25) is 0 Å². The number of nitrogens with zero attached hydrogens (tertiary/aromatic N) is 2. The van der Waals surface area contributed by atoms with Gasteiger partial charge in [-0.15, -0.1) is 0 Å². The van der Waals surface area contributed by atoms with Crippen LogP contribution in [0.2, 0.25) is 10.2 Å². The molecule has 0 aliphatic carbocycles. The average molecular weight is 326 g/mol. The van der Waals surface area contributed by atoms with Gasteiger partial charge in [0.15, 0.2) is 0 Å². The zero-order chi connectivity index (χ0) is 15.2. The van der Waals surface area contributed by atoms with Crippen molar-refractivity contribution in [1.82, 2.24) is 15.3 Å². The lowest BCUT2D eigenvalue weighted by molar-refractivity contribution is 0.0594. The lowest BCUT2D eigenvalue weighted by Gasteiger charge is -2.07. The van der Waals surface area contributed by atoms with Crippen molar-refractivity contribution in [2.24, 2.45) is 0 Å². The van der Waals surface area contributed by atoms with E-state index in [1.807, 2.05) is 6.07 Å². The molecule has 0 aliphatic heterocycles. The Bertz CT molecular complexity index is 633. The first kappa shape index (κ1) is 15.7. The smallest absolute Gasteiger partial charge is 0.356 e. The van der Waals surface area contributed by atoms with Crippen LogP contribution in [0.1, 0.15) is 21.6 Å². The van der Waals surface area contributed by atoms with Gasteiger partial charge in [0.05, 0.1) is 12.1 Å². The molecule has 0 saturated carbocycles. The number of rotatable bonds is 5. The van der Waals surface area contributed by atoms with Crippen LogP contribution in [0, 0.1) is 0 Å². The molecule has 0 unspecified atom stereocenters. The van der Waals surface area contributed by atoms with Crippen molar-refractivity contribution in [2.75, 3.05) is 7.11 Å². The van der Waals surface area contributed by atoms with Crippen molar-refractivity contribution in [3.63, 3.8) is 0 Å². The number of hydrogen-bond donors (Lipinski definition) is 1. The molecule has 0 saturated heterocycles. The van der Waals surface area contributed by atoms with Crippen LogP contribution >= 0.6 is 23.2 Å². The molecule has 0 atom stereocenters. The van der Waals surface area contributed by atoms with Gasteiger partial charge >= 0.3 is 5.97 Å². The van der Waals surface area contributed by atoms with Crippen LogP contribution in [0.4, 0.5) is 0 Å². The first-order chi connectivity index (χ1) is 10.1. The van der Waals surface area contributed by atoms with Crippen LogP contribution in [-0.2, 0) is 17.8 Å². The molecule has 2 aromatic rings. The first-order valence-electron chi connectivity index (χ1n) is 6.14. The lowest BCUT2D eigenvalue weighted by Crippen LogP contribution is -2.14. The summed E-state index contributed by atoms with van der Waals surface area (Å²) in [5.41, 5.74) is 2.10. The second kappa shape index (κ2) is 7.36. The molecule has 2 heterocycles. The molecule has 0 amide bonds. The Morgan fingerprint density at radius 2 is 2.05 bits per heavy atom. The molecule has 0 aromatic carbocycles. The average Bonchev–Trinajstić information content (AvgIpc) is 2.51. The summed E-state index contributed by atoms with van der Waals surface area (Å²) in [6, 6.07) is 5.24. The molecular weight excluding hydrogens is 313 g/mol. The molecule has 5 nitrogen and oxygen atoms in total. The third-order valence-corrected chi connectivity index (χ3v) is 3.60. The predicted octanol–water partition coefficient (Wildman–Crippen LogP) is 2.86. The third-order valence-electron chi connectivity index (χ3n) is 2.79. The zero-order valence-electron chi connectivity index (χ0n) is 11.3. The lowest BCUT2D eigenvalue weighted by atomic mass is 10.2. The van der Waals surface area contributed by atoms with E-state index in [-0.39, 0.29) is 5.69 Å². The molecular formula is C14H13Cl2N3O2. The van der Waals surface area contributed by atoms with Crippen LogP contribution in [0.15, 0.2) is 30.6 Å². The molecule has 0 fully saturated rings. The highest BCUT2D eigenvalue weighted by Crippen LogP contribution is 2.22. The number of esters is 1. The Labute approximate surface area is 132 Å². The maximum atomic E-state index is 11.3. The fraction of sp³-hybridized carbons (Fsp3) is 0.214. The topological polar surface area (TPSA) is 64.1 Å². The minimum atomic E-state index is -0.451. The Morgan fingerprint density at radius 3 is 2.71 bits per heavy atom. The molecule has 110 valence electrons. The number of carbonyl (C=O) groups is 1. The van der Waals surface area contributed by atoms with E-state index in [1.54, 1.807) is 24.5 Å². The molecule has 0 spiro atoms. The van der Waals surface area contributed by atoms with Gasteiger partial charge in [0.2, 0.25) is 0 Å². The van der Waals surface area contributed by atoms with E-state index < -0.39 is 5.97 Å².